The summed E-state index contributed by atoms with van der Waals surface area (Å²) in [7, 11) is 0. The second kappa shape index (κ2) is 8.27. The first-order chi connectivity index (χ1) is 13.1. The van der Waals surface area contributed by atoms with Gasteiger partial charge in [-0.05, 0) is 43.3 Å². The summed E-state index contributed by atoms with van der Waals surface area (Å²) in [6.45, 7) is -1.34. The highest BCUT2D eigenvalue weighted by Crippen LogP contribution is 2.21. The Hall–Kier alpha value is -3.48. The molecule has 0 spiro atoms. The molecule has 2 aromatic carbocycles. The first-order valence-corrected chi connectivity index (χ1v) is 8.17. The number of hydrazone groups is 1. The van der Waals surface area contributed by atoms with Crippen molar-refractivity contribution in [1.29, 1.82) is 0 Å². The first-order valence-electron chi connectivity index (χ1n) is 8.17. The van der Waals surface area contributed by atoms with Crippen LogP contribution in [0, 0.1) is 0 Å². The smallest absolute Gasteiger partial charge is 0.387 e. The van der Waals surface area contributed by atoms with Crippen molar-refractivity contribution in [3.8, 4) is 11.4 Å². The molecule has 0 aliphatic heterocycles. The third-order valence-electron chi connectivity index (χ3n) is 3.85. The monoisotopic (exact) mass is 369 g/mol. The number of halogens is 2. The van der Waals surface area contributed by atoms with E-state index in [1.165, 1.54) is 6.07 Å². The number of rotatable bonds is 6. The van der Waals surface area contributed by atoms with E-state index in [0.29, 0.717) is 22.5 Å². The molecule has 0 radical (unpaired) electrons. The number of ether oxygens (including phenoxy) is 1. The average Bonchev–Trinajstić information content (AvgIpc) is 3.20. The maximum atomic E-state index is 12.6. The molecule has 1 N–H and O–H groups in total. The number of hydrogen-bond acceptors (Lipinski definition) is 3. The first kappa shape index (κ1) is 18.3. The summed E-state index contributed by atoms with van der Waals surface area (Å²) in [5.74, 6) is -0.415. The third-order valence-corrected chi connectivity index (χ3v) is 3.85. The fourth-order valence-electron chi connectivity index (χ4n) is 2.61. The van der Waals surface area contributed by atoms with Gasteiger partial charge in [-0.2, -0.15) is 13.9 Å². The molecule has 0 fully saturated rings. The van der Waals surface area contributed by atoms with Gasteiger partial charge in [-0.1, -0.05) is 24.3 Å². The summed E-state index contributed by atoms with van der Waals surface area (Å²) >= 11 is 0. The highest BCUT2D eigenvalue weighted by Gasteiger charge is 2.14. The topological polar surface area (TPSA) is 55.6 Å². The van der Waals surface area contributed by atoms with Gasteiger partial charge in [-0.25, -0.2) is 5.43 Å². The second-order valence-electron chi connectivity index (χ2n) is 5.62. The number of carbonyl (C=O) groups excluding carboxylic acids is 1. The van der Waals surface area contributed by atoms with Crippen molar-refractivity contribution in [2.24, 2.45) is 5.10 Å². The van der Waals surface area contributed by atoms with Crippen molar-refractivity contribution < 1.29 is 18.3 Å². The van der Waals surface area contributed by atoms with Crippen LogP contribution in [0.25, 0.3) is 5.69 Å². The maximum absolute atomic E-state index is 12.6. The molecular weight excluding hydrogens is 352 g/mol. The van der Waals surface area contributed by atoms with Crippen LogP contribution in [0.15, 0.2) is 78.2 Å². The zero-order valence-corrected chi connectivity index (χ0v) is 14.5. The molecular formula is C20H17F2N3O2. The van der Waals surface area contributed by atoms with E-state index in [-0.39, 0.29) is 5.75 Å². The minimum Gasteiger partial charge on any atom is -0.434 e. The van der Waals surface area contributed by atoms with Crippen molar-refractivity contribution >= 4 is 11.6 Å². The molecule has 0 unspecified atom stereocenters. The fraction of sp³-hybridized carbons (Fsp3) is 0.100. The van der Waals surface area contributed by atoms with E-state index in [1.807, 2.05) is 41.2 Å². The summed E-state index contributed by atoms with van der Waals surface area (Å²) in [5, 5.41) is 4.04. The number of para-hydroxylation sites is 2. The number of hydrogen-bond donors (Lipinski definition) is 1. The molecule has 0 aliphatic rings. The van der Waals surface area contributed by atoms with Crippen LogP contribution in [0.1, 0.15) is 22.8 Å². The zero-order valence-electron chi connectivity index (χ0n) is 14.5. The summed E-state index contributed by atoms with van der Waals surface area (Å²) in [6, 6.07) is 17.1. The van der Waals surface area contributed by atoms with Gasteiger partial charge in [0.2, 0.25) is 0 Å². The molecule has 0 atom stereocenters. The number of amides is 1. The predicted octanol–water partition coefficient (Wildman–Crippen LogP) is 4.23. The van der Waals surface area contributed by atoms with Gasteiger partial charge in [0.1, 0.15) is 5.75 Å². The standard InChI is InChI=1S/C20H17F2N3O2/c1-14(15-8-3-5-11-18(15)27-20(21)22)23-24-19(26)16-9-2-4-10-17(16)25-12-6-7-13-25/h2-13,20H,1H3,(H,24,26)/b23-14+. The minimum absolute atomic E-state index is 0.00394. The van der Waals surface area contributed by atoms with Gasteiger partial charge in [0, 0.05) is 18.0 Å². The van der Waals surface area contributed by atoms with Crippen molar-refractivity contribution in [2.75, 3.05) is 0 Å². The van der Waals surface area contributed by atoms with E-state index in [1.54, 1.807) is 37.3 Å². The molecule has 138 valence electrons. The lowest BCUT2D eigenvalue weighted by molar-refractivity contribution is -0.0499. The van der Waals surface area contributed by atoms with E-state index < -0.39 is 12.5 Å². The van der Waals surface area contributed by atoms with Crippen LogP contribution < -0.4 is 10.2 Å². The molecule has 5 nitrogen and oxygen atoms in total. The highest BCUT2D eigenvalue weighted by atomic mass is 19.3. The molecule has 1 amide bonds. The SMILES string of the molecule is C/C(=N\NC(=O)c1ccccc1-n1cccc1)c1ccccc1OC(F)F. The van der Waals surface area contributed by atoms with Crippen LogP contribution in [0.4, 0.5) is 8.78 Å². The van der Waals surface area contributed by atoms with Crippen molar-refractivity contribution in [3.05, 3.63) is 84.2 Å². The highest BCUT2D eigenvalue weighted by molar-refractivity contribution is 6.03. The van der Waals surface area contributed by atoms with Crippen molar-refractivity contribution in [2.45, 2.75) is 13.5 Å². The number of carbonyl (C=O) groups is 1. The van der Waals surface area contributed by atoms with Gasteiger partial charge in [-0.15, -0.1) is 0 Å². The largest absolute Gasteiger partial charge is 0.434 e. The van der Waals surface area contributed by atoms with E-state index in [9.17, 15) is 13.6 Å². The van der Waals surface area contributed by atoms with Gasteiger partial charge in [0.05, 0.1) is 17.0 Å². The lowest BCUT2D eigenvalue weighted by atomic mass is 10.1. The second-order valence-corrected chi connectivity index (χ2v) is 5.62. The van der Waals surface area contributed by atoms with E-state index in [4.69, 9.17) is 0 Å². The van der Waals surface area contributed by atoms with Crippen molar-refractivity contribution in [3.63, 3.8) is 0 Å². The molecule has 0 saturated heterocycles. The maximum Gasteiger partial charge on any atom is 0.387 e. The molecule has 0 bridgehead atoms. The van der Waals surface area contributed by atoms with Crippen LogP contribution >= 0.6 is 0 Å². The molecule has 3 aromatic rings. The van der Waals surface area contributed by atoms with Crippen LogP contribution in [0.2, 0.25) is 0 Å². The van der Waals surface area contributed by atoms with Gasteiger partial charge < -0.3 is 9.30 Å². The molecule has 1 aromatic heterocycles. The van der Waals surface area contributed by atoms with Gasteiger partial charge in [0.25, 0.3) is 5.91 Å². The Labute approximate surface area is 154 Å². The number of nitrogens with zero attached hydrogens (tertiary/aromatic N) is 2. The predicted molar refractivity (Wildman–Crippen MR) is 98.5 cm³/mol. The van der Waals surface area contributed by atoms with E-state index in [0.717, 1.165) is 0 Å². The average molecular weight is 369 g/mol. The van der Waals surface area contributed by atoms with Crippen molar-refractivity contribution in [1.82, 2.24) is 9.99 Å². The van der Waals surface area contributed by atoms with E-state index >= 15 is 0 Å². The molecule has 3 rings (SSSR count). The number of nitrogens with one attached hydrogen (secondary N) is 1. The molecule has 7 heteroatoms. The Morgan fingerprint density at radius 2 is 1.63 bits per heavy atom. The van der Waals surface area contributed by atoms with Crippen LogP contribution in [-0.2, 0) is 0 Å². The molecule has 0 saturated carbocycles. The van der Waals surface area contributed by atoms with Gasteiger partial charge in [-0.3, -0.25) is 4.79 Å². The van der Waals surface area contributed by atoms with E-state index in [2.05, 4.69) is 15.3 Å². The Kier molecular flexibility index (Phi) is 5.61. The lowest BCUT2D eigenvalue weighted by Gasteiger charge is -2.11. The Bertz CT molecular complexity index is 953. The van der Waals surface area contributed by atoms with Crippen LogP contribution in [-0.4, -0.2) is 22.8 Å². The molecule has 0 aliphatic carbocycles. The summed E-state index contributed by atoms with van der Waals surface area (Å²) in [4.78, 5) is 12.6. The molecule has 1 heterocycles. The summed E-state index contributed by atoms with van der Waals surface area (Å²) in [5.41, 5.74) is 4.33. The third kappa shape index (κ3) is 4.38. The summed E-state index contributed by atoms with van der Waals surface area (Å²) < 4.78 is 31.4. The van der Waals surface area contributed by atoms with Gasteiger partial charge in [0.15, 0.2) is 0 Å². The lowest BCUT2D eigenvalue weighted by Crippen LogP contribution is -2.21. The fourth-order valence-corrected chi connectivity index (χ4v) is 2.61. The zero-order chi connectivity index (χ0) is 19.2. The Morgan fingerprint density at radius 1 is 1.00 bits per heavy atom. The van der Waals surface area contributed by atoms with Gasteiger partial charge >= 0.3 is 6.61 Å². The summed E-state index contributed by atoms with van der Waals surface area (Å²) in [6.07, 6.45) is 3.66. The quantitative estimate of drug-likeness (QED) is 0.522. The Balaban J connectivity index is 1.82. The number of alkyl halides is 2. The number of benzene rings is 2. The number of aromatic nitrogens is 1. The Morgan fingerprint density at radius 3 is 2.33 bits per heavy atom. The molecule has 27 heavy (non-hydrogen) atoms. The van der Waals surface area contributed by atoms with Crippen LogP contribution in [0.3, 0.4) is 0 Å². The van der Waals surface area contributed by atoms with Crippen LogP contribution in [0.5, 0.6) is 5.75 Å². The minimum atomic E-state index is -2.94. The normalized spacial score (nSPS) is 11.5.